The van der Waals surface area contributed by atoms with Crippen LogP contribution >= 0.6 is 0 Å². The largest absolute Gasteiger partial charge is 0.497 e. The third-order valence-electron chi connectivity index (χ3n) is 4.77. The number of benzene rings is 1. The first-order chi connectivity index (χ1) is 12.1. The van der Waals surface area contributed by atoms with Gasteiger partial charge < -0.3 is 4.74 Å². The number of amides is 4. The van der Waals surface area contributed by atoms with Crippen LogP contribution < -0.4 is 4.74 Å². The monoisotopic (exact) mass is 345 g/mol. The second-order valence-corrected chi connectivity index (χ2v) is 6.36. The molecule has 0 N–H and O–H groups in total. The Labute approximate surface area is 147 Å². The third kappa shape index (κ3) is 3.24. The smallest absolute Gasteiger partial charge is 0.335 e. The molecule has 3 rings (SSSR count). The van der Waals surface area contributed by atoms with Crippen LogP contribution in [0.1, 0.15) is 37.8 Å². The average molecular weight is 345 g/mol. The molecule has 2 fully saturated rings. The molecule has 134 valence electrons. The fraction of sp³-hybridized carbons (Fsp3) is 0.500. The minimum atomic E-state index is -0.723. The Morgan fingerprint density at radius 2 is 1.76 bits per heavy atom. The third-order valence-corrected chi connectivity index (χ3v) is 4.77. The van der Waals surface area contributed by atoms with E-state index < -0.39 is 17.8 Å². The minimum Gasteiger partial charge on any atom is -0.497 e. The number of ether oxygens (including phenoxy) is 1. The number of carbonyl (C=O) groups is 3. The molecule has 2 aliphatic heterocycles. The molecule has 0 saturated carbocycles. The zero-order valence-corrected chi connectivity index (χ0v) is 14.6. The van der Waals surface area contributed by atoms with Gasteiger partial charge in [-0.05, 0) is 37.0 Å². The molecule has 1 aromatic carbocycles. The molecule has 7 heteroatoms. The zero-order valence-electron chi connectivity index (χ0n) is 14.6. The average Bonchev–Trinajstić information content (AvgIpc) is 3.17. The quantitative estimate of drug-likeness (QED) is 0.582. The van der Waals surface area contributed by atoms with Crippen LogP contribution in [-0.4, -0.2) is 59.4 Å². The highest BCUT2D eigenvalue weighted by atomic mass is 16.5. The summed E-state index contributed by atoms with van der Waals surface area (Å²) in [5.74, 6) is -0.648. The normalized spacial score (nSPS) is 21.5. The van der Waals surface area contributed by atoms with Gasteiger partial charge in [0.15, 0.2) is 0 Å². The summed E-state index contributed by atoms with van der Waals surface area (Å²) in [5, 5.41) is 0. The van der Waals surface area contributed by atoms with Crippen molar-refractivity contribution in [3.63, 3.8) is 0 Å². The van der Waals surface area contributed by atoms with E-state index in [-0.39, 0.29) is 19.3 Å². The van der Waals surface area contributed by atoms with Crippen LogP contribution in [-0.2, 0) is 9.59 Å². The molecule has 0 aliphatic carbocycles. The molecular formula is C18H23N3O4. The number of carbonyl (C=O) groups excluding carboxylic acids is 3. The molecule has 2 heterocycles. The highest BCUT2D eigenvalue weighted by Gasteiger charge is 2.45. The van der Waals surface area contributed by atoms with Crippen LogP contribution in [0.4, 0.5) is 4.79 Å². The predicted octanol–water partition coefficient (Wildman–Crippen LogP) is 1.99. The molecule has 0 radical (unpaired) electrons. The molecule has 25 heavy (non-hydrogen) atoms. The van der Waals surface area contributed by atoms with Gasteiger partial charge in [-0.2, -0.15) is 0 Å². The molecule has 1 atom stereocenters. The lowest BCUT2D eigenvalue weighted by Gasteiger charge is -2.28. The molecule has 2 saturated heterocycles. The van der Waals surface area contributed by atoms with Crippen molar-refractivity contribution in [3.05, 3.63) is 29.8 Å². The maximum atomic E-state index is 12.4. The fourth-order valence-corrected chi connectivity index (χ4v) is 3.48. The van der Waals surface area contributed by atoms with Gasteiger partial charge >= 0.3 is 17.8 Å². The van der Waals surface area contributed by atoms with Gasteiger partial charge in [0.1, 0.15) is 5.75 Å². The number of urea groups is 1. The summed E-state index contributed by atoms with van der Waals surface area (Å²) in [6, 6.07) is 7.45. The molecule has 0 aromatic heterocycles. The molecular weight excluding hydrogens is 322 g/mol. The summed E-state index contributed by atoms with van der Waals surface area (Å²) < 4.78 is 5.19. The lowest BCUT2D eigenvalue weighted by atomic mass is 10.0. The summed E-state index contributed by atoms with van der Waals surface area (Å²) in [5.41, 5.74) is 1.12. The Balaban J connectivity index is 1.73. The van der Waals surface area contributed by atoms with Crippen molar-refractivity contribution in [3.8, 4) is 5.75 Å². The fourth-order valence-electron chi connectivity index (χ4n) is 3.48. The predicted molar refractivity (Wildman–Crippen MR) is 90.8 cm³/mol. The van der Waals surface area contributed by atoms with Gasteiger partial charge in [0.25, 0.3) is 0 Å². The second-order valence-electron chi connectivity index (χ2n) is 6.36. The first-order valence-electron chi connectivity index (χ1n) is 8.62. The van der Waals surface area contributed by atoms with Crippen molar-refractivity contribution in [2.75, 3.05) is 26.9 Å². The van der Waals surface area contributed by atoms with E-state index in [9.17, 15) is 14.4 Å². The molecule has 0 bridgehead atoms. The first kappa shape index (κ1) is 17.4. The number of rotatable bonds is 6. The van der Waals surface area contributed by atoms with E-state index >= 15 is 0 Å². The minimum absolute atomic E-state index is 0.127. The van der Waals surface area contributed by atoms with Crippen molar-refractivity contribution >= 4 is 17.8 Å². The van der Waals surface area contributed by atoms with E-state index in [0.29, 0.717) is 6.42 Å². The number of methoxy groups -OCH3 is 1. The molecule has 1 unspecified atom stereocenters. The summed E-state index contributed by atoms with van der Waals surface area (Å²) in [6.45, 7) is 3.09. The number of hydrogen-bond donors (Lipinski definition) is 0. The van der Waals surface area contributed by atoms with Crippen molar-refractivity contribution in [1.29, 1.82) is 0 Å². The standard InChI is InChI=1S/C18H23N3O4/c1-3-10-20-16(22)17(23)21(18(20)24)12-19-11-4-5-15(19)13-6-8-14(25-2)9-7-13/h6-9,15H,3-5,10-12H2,1-2H3. The van der Waals surface area contributed by atoms with Gasteiger partial charge in [0.2, 0.25) is 0 Å². The topological polar surface area (TPSA) is 70.2 Å². The zero-order chi connectivity index (χ0) is 18.0. The molecule has 4 amide bonds. The Kier molecular flexibility index (Phi) is 5.03. The highest BCUT2D eigenvalue weighted by Crippen LogP contribution is 2.33. The van der Waals surface area contributed by atoms with E-state index in [1.807, 2.05) is 31.2 Å². The van der Waals surface area contributed by atoms with Crippen molar-refractivity contribution in [1.82, 2.24) is 14.7 Å². The highest BCUT2D eigenvalue weighted by molar-refractivity contribution is 6.44. The van der Waals surface area contributed by atoms with Crippen LogP contribution in [0.15, 0.2) is 24.3 Å². The number of hydrogen-bond acceptors (Lipinski definition) is 5. The molecule has 2 aliphatic rings. The number of nitrogens with zero attached hydrogens (tertiary/aromatic N) is 3. The van der Waals surface area contributed by atoms with E-state index in [4.69, 9.17) is 4.74 Å². The lowest BCUT2D eigenvalue weighted by molar-refractivity contribution is -0.144. The van der Waals surface area contributed by atoms with Gasteiger partial charge in [-0.25, -0.2) is 9.69 Å². The second kappa shape index (κ2) is 7.23. The van der Waals surface area contributed by atoms with E-state index in [1.54, 1.807) is 7.11 Å². The Hall–Kier alpha value is -2.41. The summed E-state index contributed by atoms with van der Waals surface area (Å²) >= 11 is 0. The molecule has 1 aromatic rings. The lowest BCUT2D eigenvalue weighted by Crippen LogP contribution is -2.42. The van der Waals surface area contributed by atoms with Crippen molar-refractivity contribution < 1.29 is 19.1 Å². The first-order valence-corrected chi connectivity index (χ1v) is 8.62. The van der Waals surface area contributed by atoms with Crippen LogP contribution in [0.5, 0.6) is 5.75 Å². The maximum absolute atomic E-state index is 12.4. The van der Waals surface area contributed by atoms with Gasteiger partial charge in [-0.1, -0.05) is 19.1 Å². The van der Waals surface area contributed by atoms with Gasteiger partial charge in [0.05, 0.1) is 13.8 Å². The van der Waals surface area contributed by atoms with Crippen LogP contribution in [0.3, 0.4) is 0 Å². The van der Waals surface area contributed by atoms with Crippen LogP contribution in [0, 0.1) is 0 Å². The number of imide groups is 2. The van der Waals surface area contributed by atoms with Crippen molar-refractivity contribution in [2.24, 2.45) is 0 Å². The van der Waals surface area contributed by atoms with E-state index in [1.165, 1.54) is 0 Å². The maximum Gasteiger partial charge on any atom is 0.335 e. The van der Waals surface area contributed by atoms with Gasteiger partial charge in [-0.15, -0.1) is 0 Å². The number of likely N-dealkylation sites (tertiary alicyclic amines) is 1. The van der Waals surface area contributed by atoms with Gasteiger partial charge in [0, 0.05) is 19.1 Å². The molecule has 0 spiro atoms. The van der Waals surface area contributed by atoms with Crippen LogP contribution in [0.25, 0.3) is 0 Å². The van der Waals surface area contributed by atoms with E-state index in [0.717, 1.165) is 40.5 Å². The van der Waals surface area contributed by atoms with Crippen LogP contribution in [0.2, 0.25) is 0 Å². The molecule has 7 nitrogen and oxygen atoms in total. The summed E-state index contributed by atoms with van der Waals surface area (Å²) in [4.78, 5) is 40.8. The van der Waals surface area contributed by atoms with E-state index in [2.05, 4.69) is 4.90 Å². The Morgan fingerprint density at radius 3 is 2.40 bits per heavy atom. The Morgan fingerprint density at radius 1 is 1.08 bits per heavy atom. The summed E-state index contributed by atoms with van der Waals surface area (Å²) in [6.07, 6.45) is 2.57. The Bertz CT molecular complexity index is 673. The SMILES string of the molecule is CCCN1C(=O)C(=O)N(CN2CCCC2c2ccc(OC)cc2)C1=O. The summed E-state index contributed by atoms with van der Waals surface area (Å²) in [7, 11) is 1.63. The van der Waals surface area contributed by atoms with Gasteiger partial charge in [-0.3, -0.25) is 19.4 Å². The van der Waals surface area contributed by atoms with Crippen molar-refractivity contribution in [2.45, 2.75) is 32.2 Å².